The third-order valence-electron chi connectivity index (χ3n) is 5.10. The number of H-pyrrole nitrogens is 1. The molecule has 0 fully saturated rings. The third kappa shape index (κ3) is 5.02. The van der Waals surface area contributed by atoms with E-state index in [4.69, 9.17) is 0 Å². The number of aromatic amines is 1. The van der Waals surface area contributed by atoms with Crippen molar-refractivity contribution in [1.82, 2.24) is 15.6 Å². The lowest BCUT2D eigenvalue weighted by Gasteiger charge is -2.22. The van der Waals surface area contributed by atoms with E-state index in [-0.39, 0.29) is 17.6 Å². The van der Waals surface area contributed by atoms with Gasteiger partial charge >= 0.3 is 0 Å². The van der Waals surface area contributed by atoms with E-state index in [0.717, 1.165) is 22.0 Å². The molecular weight excluding hydrogens is 369 g/mol. The second kappa shape index (κ2) is 8.90. The highest BCUT2D eigenvalue weighted by Crippen LogP contribution is 2.19. The van der Waals surface area contributed by atoms with Crippen LogP contribution in [0.2, 0.25) is 0 Å². The second-order valence-electron chi connectivity index (χ2n) is 7.62. The maximum Gasteiger partial charge on any atom is 0.235 e. The molecule has 0 atom stereocenters. The highest BCUT2D eigenvalue weighted by atomic mass is 19.1. The Morgan fingerprint density at radius 3 is 2.24 bits per heavy atom. The van der Waals surface area contributed by atoms with Crippen molar-refractivity contribution in [3.05, 3.63) is 71.7 Å². The number of nitrogens with one attached hydrogen (secondary N) is 3. The smallest absolute Gasteiger partial charge is 0.235 e. The number of hydrogen-bond acceptors (Lipinski definition) is 2. The number of hydrogen-bond donors (Lipinski definition) is 3. The van der Waals surface area contributed by atoms with Crippen LogP contribution in [0.3, 0.4) is 0 Å². The molecule has 2 aromatic carbocycles. The van der Waals surface area contributed by atoms with E-state index in [1.165, 1.54) is 12.1 Å². The van der Waals surface area contributed by atoms with Crippen LogP contribution in [0.25, 0.3) is 10.9 Å². The lowest BCUT2D eigenvalue weighted by Crippen LogP contribution is -2.48. The van der Waals surface area contributed by atoms with Gasteiger partial charge in [0.05, 0.1) is 0 Å². The fourth-order valence-electron chi connectivity index (χ4n) is 3.17. The fraction of sp³-hybridized carbons (Fsp3) is 0.304. The summed E-state index contributed by atoms with van der Waals surface area (Å²) in [6.07, 6.45) is 3.20. The highest BCUT2D eigenvalue weighted by molar-refractivity contribution is 6.04. The minimum Gasteiger partial charge on any atom is -0.361 e. The first-order valence-electron chi connectivity index (χ1n) is 9.74. The summed E-state index contributed by atoms with van der Waals surface area (Å²) in [5, 5.41) is 6.80. The summed E-state index contributed by atoms with van der Waals surface area (Å²) < 4.78 is 12.9. The third-order valence-corrected chi connectivity index (χ3v) is 5.10. The predicted octanol–water partition coefficient (Wildman–Crippen LogP) is 3.35. The average Bonchev–Trinajstić information content (AvgIpc) is 3.12. The van der Waals surface area contributed by atoms with Crippen LogP contribution in [-0.4, -0.2) is 29.9 Å². The van der Waals surface area contributed by atoms with Crippen LogP contribution in [0.1, 0.15) is 25.0 Å². The van der Waals surface area contributed by atoms with Crippen molar-refractivity contribution >= 4 is 22.7 Å². The summed E-state index contributed by atoms with van der Waals surface area (Å²) in [5.74, 6) is -0.927. The van der Waals surface area contributed by atoms with Crippen molar-refractivity contribution in [2.75, 3.05) is 13.1 Å². The Morgan fingerprint density at radius 2 is 1.55 bits per heavy atom. The van der Waals surface area contributed by atoms with Gasteiger partial charge in [0, 0.05) is 30.2 Å². The fourth-order valence-corrected chi connectivity index (χ4v) is 3.17. The monoisotopic (exact) mass is 395 g/mol. The number of halogens is 1. The standard InChI is InChI=1S/C23H26FN3O2/c1-23(2,21(28)25-13-11-16-7-9-18(24)10-8-16)22(29)26-14-12-17-15-27-20-6-4-3-5-19(17)20/h3-10,15,27H,11-14H2,1-2H3,(H,25,28)(H,26,29). The van der Waals surface area contributed by atoms with Crippen molar-refractivity contribution in [3.63, 3.8) is 0 Å². The lowest BCUT2D eigenvalue weighted by molar-refractivity contribution is -0.141. The Hall–Kier alpha value is -3.15. The summed E-state index contributed by atoms with van der Waals surface area (Å²) in [4.78, 5) is 28.2. The molecule has 0 aliphatic rings. The van der Waals surface area contributed by atoms with E-state index >= 15 is 0 Å². The van der Waals surface area contributed by atoms with E-state index in [1.807, 2.05) is 30.5 Å². The summed E-state index contributed by atoms with van der Waals surface area (Å²) in [5.41, 5.74) is 1.94. The zero-order chi connectivity index (χ0) is 20.9. The van der Waals surface area contributed by atoms with Gasteiger partial charge in [-0.3, -0.25) is 9.59 Å². The molecule has 29 heavy (non-hydrogen) atoms. The van der Waals surface area contributed by atoms with E-state index in [2.05, 4.69) is 15.6 Å². The van der Waals surface area contributed by atoms with E-state index in [9.17, 15) is 14.0 Å². The van der Waals surface area contributed by atoms with Gasteiger partial charge < -0.3 is 15.6 Å². The molecule has 0 saturated heterocycles. The molecule has 3 N–H and O–H groups in total. The maximum atomic E-state index is 12.9. The van der Waals surface area contributed by atoms with Gasteiger partial charge in [0.15, 0.2) is 0 Å². The zero-order valence-electron chi connectivity index (χ0n) is 16.7. The molecule has 0 spiro atoms. The normalized spacial score (nSPS) is 11.4. The van der Waals surface area contributed by atoms with E-state index < -0.39 is 5.41 Å². The van der Waals surface area contributed by atoms with E-state index in [1.54, 1.807) is 26.0 Å². The molecule has 0 saturated carbocycles. The van der Waals surface area contributed by atoms with Crippen molar-refractivity contribution < 1.29 is 14.0 Å². The molecule has 3 aromatic rings. The van der Waals surface area contributed by atoms with Crippen molar-refractivity contribution in [1.29, 1.82) is 0 Å². The minimum absolute atomic E-state index is 0.289. The molecule has 0 aliphatic heterocycles. The minimum atomic E-state index is -1.18. The Morgan fingerprint density at radius 1 is 0.931 bits per heavy atom. The number of aromatic nitrogens is 1. The van der Waals surface area contributed by atoms with Gasteiger partial charge in [-0.25, -0.2) is 4.39 Å². The van der Waals surface area contributed by atoms with Gasteiger partial charge in [0.2, 0.25) is 11.8 Å². The molecule has 6 heteroatoms. The first kappa shape index (κ1) is 20.6. The Kier molecular flexibility index (Phi) is 6.32. The van der Waals surface area contributed by atoms with Gasteiger partial charge in [-0.2, -0.15) is 0 Å². The summed E-state index contributed by atoms with van der Waals surface area (Å²) in [6.45, 7) is 4.06. The van der Waals surface area contributed by atoms with Crippen molar-refractivity contribution in [3.8, 4) is 0 Å². The molecule has 1 aromatic heterocycles. The van der Waals surface area contributed by atoms with Gasteiger partial charge in [-0.05, 0) is 56.0 Å². The van der Waals surface area contributed by atoms with Gasteiger partial charge in [-0.1, -0.05) is 30.3 Å². The lowest BCUT2D eigenvalue weighted by atomic mass is 9.91. The van der Waals surface area contributed by atoms with Gasteiger partial charge in [0.1, 0.15) is 11.2 Å². The quantitative estimate of drug-likeness (QED) is 0.512. The van der Waals surface area contributed by atoms with Crippen LogP contribution < -0.4 is 10.6 Å². The van der Waals surface area contributed by atoms with E-state index in [0.29, 0.717) is 25.9 Å². The number of carbonyl (C=O) groups excluding carboxylic acids is 2. The molecule has 0 aliphatic carbocycles. The van der Waals surface area contributed by atoms with Crippen LogP contribution in [0, 0.1) is 11.2 Å². The van der Waals surface area contributed by atoms with Crippen LogP contribution in [0.5, 0.6) is 0 Å². The largest absolute Gasteiger partial charge is 0.361 e. The van der Waals surface area contributed by atoms with Gasteiger partial charge in [0.25, 0.3) is 0 Å². The number of rotatable bonds is 8. The van der Waals surface area contributed by atoms with Crippen molar-refractivity contribution in [2.24, 2.45) is 5.41 Å². The zero-order valence-corrected chi connectivity index (χ0v) is 16.7. The number of carbonyl (C=O) groups is 2. The number of benzene rings is 2. The SMILES string of the molecule is CC(C)(C(=O)NCCc1ccc(F)cc1)C(=O)NCCc1c[nH]c2ccccc12. The summed E-state index contributed by atoms with van der Waals surface area (Å²) >= 11 is 0. The first-order valence-corrected chi connectivity index (χ1v) is 9.74. The van der Waals surface area contributed by atoms with Crippen LogP contribution in [0.4, 0.5) is 4.39 Å². The molecule has 1 heterocycles. The molecule has 0 radical (unpaired) electrons. The molecule has 0 unspecified atom stereocenters. The maximum absolute atomic E-state index is 12.9. The molecule has 5 nitrogen and oxygen atoms in total. The number of amides is 2. The molecule has 3 rings (SSSR count). The Balaban J connectivity index is 1.46. The van der Waals surface area contributed by atoms with Crippen molar-refractivity contribution in [2.45, 2.75) is 26.7 Å². The predicted molar refractivity (Wildman–Crippen MR) is 112 cm³/mol. The number of para-hydroxylation sites is 1. The summed E-state index contributed by atoms with van der Waals surface area (Å²) in [6, 6.07) is 14.2. The topological polar surface area (TPSA) is 74.0 Å². The van der Waals surface area contributed by atoms with Crippen LogP contribution in [-0.2, 0) is 22.4 Å². The molecule has 0 bridgehead atoms. The van der Waals surface area contributed by atoms with Gasteiger partial charge in [-0.15, -0.1) is 0 Å². The molecular formula is C23H26FN3O2. The average molecular weight is 395 g/mol. The van der Waals surface area contributed by atoms with Crippen LogP contribution in [0.15, 0.2) is 54.7 Å². The Bertz CT molecular complexity index is 993. The second-order valence-corrected chi connectivity index (χ2v) is 7.62. The Labute approximate surface area is 169 Å². The number of fused-ring (bicyclic) bond motifs is 1. The first-order chi connectivity index (χ1) is 13.9. The molecule has 2 amide bonds. The summed E-state index contributed by atoms with van der Waals surface area (Å²) in [7, 11) is 0. The highest BCUT2D eigenvalue weighted by Gasteiger charge is 2.35. The van der Waals surface area contributed by atoms with Crippen LogP contribution >= 0.6 is 0 Å². The molecule has 152 valence electrons.